The van der Waals surface area contributed by atoms with Crippen LogP contribution in [0.4, 0.5) is 0 Å². The first-order valence-corrected chi connectivity index (χ1v) is 5.56. The maximum atomic E-state index is 5.99. The molecule has 0 saturated heterocycles. The lowest BCUT2D eigenvalue weighted by molar-refractivity contribution is 0.495. The molecular weight excluding hydrogens is 180 g/mol. The summed E-state index contributed by atoms with van der Waals surface area (Å²) in [6, 6.07) is 0.292. The molecule has 2 nitrogen and oxygen atoms in total. The maximum Gasteiger partial charge on any atom is 0.0896 e. The molecule has 0 saturated carbocycles. The van der Waals surface area contributed by atoms with Gasteiger partial charge < -0.3 is 5.73 Å². The van der Waals surface area contributed by atoms with Gasteiger partial charge in [-0.1, -0.05) is 13.8 Å². The molecule has 2 N–H and O–H groups in total. The average molecular weight is 198 g/mol. The summed E-state index contributed by atoms with van der Waals surface area (Å²) in [4.78, 5) is 5.52. The van der Waals surface area contributed by atoms with Gasteiger partial charge in [-0.2, -0.15) is 0 Å². The van der Waals surface area contributed by atoms with Crippen molar-refractivity contribution in [3.8, 4) is 0 Å². The number of hydrogen-bond donors (Lipinski definition) is 1. The van der Waals surface area contributed by atoms with Crippen molar-refractivity contribution in [1.29, 1.82) is 0 Å². The van der Waals surface area contributed by atoms with Gasteiger partial charge in [0.25, 0.3) is 0 Å². The van der Waals surface area contributed by atoms with Crippen LogP contribution in [0.1, 0.15) is 30.2 Å². The molecule has 1 heterocycles. The lowest BCUT2D eigenvalue weighted by Gasteiger charge is -2.12. The van der Waals surface area contributed by atoms with Crippen molar-refractivity contribution >= 4 is 11.3 Å². The summed E-state index contributed by atoms with van der Waals surface area (Å²) in [6.07, 6.45) is 4.01. The van der Waals surface area contributed by atoms with E-state index in [1.54, 1.807) is 11.3 Å². The molecule has 1 unspecified atom stereocenters. The van der Waals surface area contributed by atoms with Crippen LogP contribution < -0.4 is 5.73 Å². The molecule has 1 atom stereocenters. The summed E-state index contributed by atoms with van der Waals surface area (Å²) < 4.78 is 0. The first-order chi connectivity index (χ1) is 6.08. The molecule has 13 heavy (non-hydrogen) atoms. The van der Waals surface area contributed by atoms with E-state index in [1.165, 1.54) is 4.88 Å². The van der Waals surface area contributed by atoms with Crippen LogP contribution in [0.15, 0.2) is 6.20 Å². The van der Waals surface area contributed by atoms with E-state index in [-0.39, 0.29) is 0 Å². The molecule has 0 fully saturated rings. The second kappa shape index (κ2) is 4.72. The number of hydrogen-bond acceptors (Lipinski definition) is 3. The summed E-state index contributed by atoms with van der Waals surface area (Å²) in [5.41, 5.74) is 5.99. The van der Waals surface area contributed by atoms with Gasteiger partial charge in [0.05, 0.1) is 5.01 Å². The molecule has 3 heteroatoms. The smallest absolute Gasteiger partial charge is 0.0896 e. The molecule has 0 aliphatic carbocycles. The Morgan fingerprint density at radius 3 is 2.69 bits per heavy atom. The van der Waals surface area contributed by atoms with Gasteiger partial charge in [0.2, 0.25) is 0 Å². The molecule has 1 rings (SSSR count). The first-order valence-electron chi connectivity index (χ1n) is 4.75. The molecule has 0 aliphatic heterocycles. The normalized spacial score (nSPS) is 13.6. The third-order valence-corrected chi connectivity index (χ3v) is 2.84. The van der Waals surface area contributed by atoms with E-state index in [1.807, 2.05) is 13.1 Å². The molecule has 74 valence electrons. The Hall–Kier alpha value is -0.410. The van der Waals surface area contributed by atoms with Crippen LogP contribution in [0, 0.1) is 12.8 Å². The number of aryl methyl sites for hydroxylation is 1. The molecule has 1 aromatic heterocycles. The van der Waals surface area contributed by atoms with Crippen molar-refractivity contribution in [1.82, 2.24) is 4.98 Å². The zero-order valence-corrected chi connectivity index (χ0v) is 9.40. The standard InChI is InChI=1S/C10H18N2S/c1-7(2)4-9(11)5-10-6-12-8(3)13-10/h6-7,9H,4-5,11H2,1-3H3. The van der Waals surface area contributed by atoms with Gasteiger partial charge >= 0.3 is 0 Å². The highest BCUT2D eigenvalue weighted by atomic mass is 32.1. The minimum atomic E-state index is 0.292. The number of nitrogens with zero attached hydrogens (tertiary/aromatic N) is 1. The molecule has 0 bridgehead atoms. The van der Waals surface area contributed by atoms with E-state index in [2.05, 4.69) is 18.8 Å². The number of thiazole rings is 1. The van der Waals surface area contributed by atoms with E-state index in [4.69, 9.17) is 5.73 Å². The van der Waals surface area contributed by atoms with Crippen molar-refractivity contribution in [2.24, 2.45) is 11.7 Å². The van der Waals surface area contributed by atoms with Crippen LogP contribution in [0.3, 0.4) is 0 Å². The summed E-state index contributed by atoms with van der Waals surface area (Å²) >= 11 is 1.75. The van der Waals surface area contributed by atoms with E-state index in [9.17, 15) is 0 Å². The lowest BCUT2D eigenvalue weighted by atomic mass is 10.0. The fourth-order valence-electron chi connectivity index (χ4n) is 1.45. The van der Waals surface area contributed by atoms with Crippen molar-refractivity contribution in [3.05, 3.63) is 16.1 Å². The first kappa shape index (κ1) is 10.7. The Kier molecular flexibility index (Phi) is 3.88. The van der Waals surface area contributed by atoms with Gasteiger partial charge in [-0.15, -0.1) is 11.3 Å². The molecule has 0 radical (unpaired) electrons. The zero-order chi connectivity index (χ0) is 9.84. The highest BCUT2D eigenvalue weighted by molar-refractivity contribution is 7.11. The maximum absolute atomic E-state index is 5.99. The van der Waals surface area contributed by atoms with E-state index in [0.717, 1.165) is 17.8 Å². The predicted molar refractivity (Wildman–Crippen MR) is 58.0 cm³/mol. The third kappa shape index (κ3) is 3.87. The van der Waals surface area contributed by atoms with Gasteiger partial charge in [-0.3, -0.25) is 0 Å². The van der Waals surface area contributed by atoms with Gasteiger partial charge in [0.1, 0.15) is 0 Å². The lowest BCUT2D eigenvalue weighted by Crippen LogP contribution is -2.24. The van der Waals surface area contributed by atoms with Crippen molar-refractivity contribution in [2.75, 3.05) is 0 Å². The molecule has 0 amide bonds. The topological polar surface area (TPSA) is 38.9 Å². The highest BCUT2D eigenvalue weighted by Crippen LogP contribution is 2.15. The highest BCUT2D eigenvalue weighted by Gasteiger charge is 2.08. The monoisotopic (exact) mass is 198 g/mol. The molecule has 0 aliphatic rings. The van der Waals surface area contributed by atoms with Crippen molar-refractivity contribution < 1.29 is 0 Å². The van der Waals surface area contributed by atoms with Gasteiger partial charge in [0.15, 0.2) is 0 Å². The largest absolute Gasteiger partial charge is 0.327 e. The minimum absolute atomic E-state index is 0.292. The number of nitrogens with two attached hydrogens (primary N) is 1. The quantitative estimate of drug-likeness (QED) is 0.806. The van der Waals surface area contributed by atoms with Gasteiger partial charge in [-0.05, 0) is 25.7 Å². The summed E-state index contributed by atoms with van der Waals surface area (Å²) in [6.45, 7) is 6.44. The van der Waals surface area contributed by atoms with Crippen LogP contribution in [0.25, 0.3) is 0 Å². The molecular formula is C10H18N2S. The number of aromatic nitrogens is 1. The molecule has 1 aromatic rings. The summed E-state index contributed by atoms with van der Waals surface area (Å²) in [7, 11) is 0. The Bertz CT molecular complexity index is 255. The van der Waals surface area contributed by atoms with Crippen LogP contribution in [-0.4, -0.2) is 11.0 Å². The SMILES string of the molecule is Cc1ncc(CC(N)CC(C)C)s1. The Morgan fingerprint density at radius 1 is 1.54 bits per heavy atom. The Labute approximate surface area is 84.2 Å². The molecule has 0 aromatic carbocycles. The van der Waals surface area contributed by atoms with Crippen LogP contribution in [-0.2, 0) is 6.42 Å². The zero-order valence-electron chi connectivity index (χ0n) is 8.58. The van der Waals surface area contributed by atoms with E-state index >= 15 is 0 Å². The predicted octanol–water partition coefficient (Wildman–Crippen LogP) is 2.37. The molecule has 0 spiro atoms. The van der Waals surface area contributed by atoms with Crippen LogP contribution in [0.5, 0.6) is 0 Å². The second-order valence-electron chi connectivity index (χ2n) is 3.94. The second-order valence-corrected chi connectivity index (χ2v) is 5.26. The van der Waals surface area contributed by atoms with Gasteiger partial charge in [-0.25, -0.2) is 4.98 Å². The average Bonchev–Trinajstić information content (AvgIpc) is 2.33. The Balaban J connectivity index is 2.40. The van der Waals surface area contributed by atoms with Crippen LogP contribution in [0.2, 0.25) is 0 Å². The summed E-state index contributed by atoms with van der Waals surface area (Å²) in [5.74, 6) is 0.684. The fraction of sp³-hybridized carbons (Fsp3) is 0.700. The van der Waals surface area contributed by atoms with Crippen molar-refractivity contribution in [3.63, 3.8) is 0 Å². The minimum Gasteiger partial charge on any atom is -0.327 e. The summed E-state index contributed by atoms with van der Waals surface area (Å²) in [5, 5.41) is 1.13. The third-order valence-electron chi connectivity index (χ3n) is 1.91. The Morgan fingerprint density at radius 2 is 2.23 bits per heavy atom. The fourth-order valence-corrected chi connectivity index (χ4v) is 2.33. The van der Waals surface area contributed by atoms with E-state index in [0.29, 0.717) is 12.0 Å². The van der Waals surface area contributed by atoms with Crippen molar-refractivity contribution in [2.45, 2.75) is 39.7 Å². The number of rotatable bonds is 4. The van der Waals surface area contributed by atoms with Crippen LogP contribution >= 0.6 is 11.3 Å². The van der Waals surface area contributed by atoms with E-state index < -0.39 is 0 Å². The van der Waals surface area contributed by atoms with Gasteiger partial charge in [0, 0.05) is 17.1 Å².